The minimum Gasteiger partial charge on any atom is -0.256 e. The molecule has 4 nitrogen and oxygen atoms in total. The number of rotatable bonds is 6. The number of hydrogen-bond acceptors (Lipinski definition) is 5. The van der Waals surface area contributed by atoms with E-state index in [1.807, 2.05) is 48.8 Å². The monoisotopic (exact) mass is 644 g/mol. The smallest absolute Gasteiger partial charge is 0.0816 e. The first-order valence-corrected chi connectivity index (χ1v) is 17.0. The van der Waals surface area contributed by atoms with Crippen molar-refractivity contribution >= 4 is 33.1 Å². The molecule has 4 aromatic carbocycles. The van der Waals surface area contributed by atoms with Crippen molar-refractivity contribution in [3.05, 3.63) is 170 Å². The van der Waals surface area contributed by atoms with Gasteiger partial charge in [0, 0.05) is 45.4 Å². The van der Waals surface area contributed by atoms with Crippen LogP contribution in [0.3, 0.4) is 0 Å². The molecule has 0 aliphatic heterocycles. The molecule has 0 bridgehead atoms. The van der Waals surface area contributed by atoms with Gasteiger partial charge in [-0.3, -0.25) is 9.97 Å². The Morgan fingerprint density at radius 2 is 0.755 bits per heavy atom. The van der Waals surface area contributed by atoms with E-state index in [-0.39, 0.29) is 0 Å². The van der Waals surface area contributed by atoms with Gasteiger partial charge in [-0.25, -0.2) is 9.97 Å². The highest BCUT2D eigenvalue weighted by Gasteiger charge is 2.25. The highest BCUT2D eigenvalue weighted by Crippen LogP contribution is 2.51. The molecular formula is C44H28N4S. The van der Waals surface area contributed by atoms with Crippen molar-refractivity contribution in [3.63, 3.8) is 0 Å². The Morgan fingerprint density at radius 3 is 1.22 bits per heavy atom. The van der Waals surface area contributed by atoms with Gasteiger partial charge in [0.25, 0.3) is 0 Å². The van der Waals surface area contributed by atoms with Crippen LogP contribution in [-0.2, 0) is 0 Å². The molecule has 0 saturated carbocycles. The van der Waals surface area contributed by atoms with E-state index >= 15 is 0 Å². The molecule has 9 aromatic rings. The summed E-state index contributed by atoms with van der Waals surface area (Å²) in [4.78, 5) is 22.2. The zero-order valence-electron chi connectivity index (χ0n) is 26.4. The van der Waals surface area contributed by atoms with E-state index in [0.29, 0.717) is 0 Å². The summed E-state index contributed by atoms with van der Waals surface area (Å²) < 4.78 is 0. The minimum absolute atomic E-state index is 0.884. The third kappa shape index (κ3) is 5.46. The number of thiophene rings is 1. The maximum Gasteiger partial charge on any atom is 0.0816 e. The van der Waals surface area contributed by atoms with Gasteiger partial charge < -0.3 is 0 Å². The maximum atomic E-state index is 5.28. The third-order valence-electron chi connectivity index (χ3n) is 8.77. The summed E-state index contributed by atoms with van der Waals surface area (Å²) in [5.74, 6) is 0. The molecule has 49 heavy (non-hydrogen) atoms. The molecule has 5 heteroatoms. The van der Waals surface area contributed by atoms with Crippen molar-refractivity contribution in [2.24, 2.45) is 0 Å². The molecule has 5 aromatic heterocycles. The van der Waals surface area contributed by atoms with Gasteiger partial charge in [0.15, 0.2) is 0 Å². The molecule has 0 saturated heterocycles. The molecule has 0 aliphatic rings. The van der Waals surface area contributed by atoms with Crippen LogP contribution in [0.5, 0.6) is 0 Å². The lowest BCUT2D eigenvalue weighted by Gasteiger charge is -2.11. The van der Waals surface area contributed by atoms with Crippen LogP contribution in [0.2, 0.25) is 0 Å². The van der Waals surface area contributed by atoms with Crippen LogP contribution in [-0.4, -0.2) is 19.9 Å². The number of pyridine rings is 4. The number of nitrogens with zero attached hydrogens (tertiary/aromatic N) is 4. The van der Waals surface area contributed by atoms with Crippen LogP contribution < -0.4 is 0 Å². The highest BCUT2D eigenvalue weighted by atomic mass is 32.1. The first kappa shape index (κ1) is 28.9. The molecule has 0 fully saturated rings. The number of fused-ring (bicyclic) bond motifs is 2. The Kier molecular flexibility index (Phi) is 7.30. The summed E-state index contributed by atoms with van der Waals surface area (Å²) in [6.07, 6.45) is 3.83. The summed E-state index contributed by atoms with van der Waals surface area (Å²) in [6.45, 7) is 0. The van der Waals surface area contributed by atoms with Crippen molar-refractivity contribution in [2.75, 3.05) is 0 Å². The summed E-state index contributed by atoms with van der Waals surface area (Å²) in [7, 11) is 0. The maximum absolute atomic E-state index is 5.28. The molecule has 9 rings (SSSR count). The summed E-state index contributed by atoms with van der Waals surface area (Å²) in [5, 5.41) is 2.18. The fourth-order valence-electron chi connectivity index (χ4n) is 6.42. The predicted molar refractivity (Wildman–Crippen MR) is 203 cm³/mol. The van der Waals surface area contributed by atoms with E-state index in [4.69, 9.17) is 19.9 Å². The molecule has 0 amide bonds. The minimum atomic E-state index is 0.884. The Hall–Kier alpha value is -6.30. The Morgan fingerprint density at radius 1 is 0.347 bits per heavy atom. The molecule has 5 heterocycles. The van der Waals surface area contributed by atoms with Crippen LogP contribution in [0.15, 0.2) is 170 Å². The predicted octanol–water partition coefficient (Wildman–Crippen LogP) is 11.6. The van der Waals surface area contributed by atoms with Crippen molar-refractivity contribution < 1.29 is 0 Å². The van der Waals surface area contributed by atoms with E-state index in [0.717, 1.165) is 87.7 Å². The van der Waals surface area contributed by atoms with Gasteiger partial charge in [0.05, 0.1) is 43.6 Å². The van der Waals surface area contributed by atoms with Crippen LogP contribution in [0.1, 0.15) is 0 Å². The van der Waals surface area contributed by atoms with Crippen molar-refractivity contribution in [2.45, 2.75) is 0 Å². The van der Waals surface area contributed by atoms with E-state index in [9.17, 15) is 0 Å². The second-order valence-corrected chi connectivity index (χ2v) is 12.9. The first-order valence-electron chi connectivity index (χ1n) is 16.2. The quantitative estimate of drug-likeness (QED) is 0.181. The highest BCUT2D eigenvalue weighted by molar-refractivity contribution is 7.20. The van der Waals surface area contributed by atoms with Crippen LogP contribution in [0, 0.1) is 0 Å². The Labute approximate surface area is 288 Å². The number of aromatic nitrogens is 4. The molecule has 0 spiro atoms. The molecule has 0 N–H and O–H groups in total. The van der Waals surface area contributed by atoms with E-state index in [1.54, 1.807) is 11.3 Å². The Bertz CT molecular complexity index is 2430. The molecule has 0 unspecified atom stereocenters. The second kappa shape index (κ2) is 12.4. The summed E-state index contributed by atoms with van der Waals surface area (Å²) in [5.41, 5.74) is 12.1. The van der Waals surface area contributed by atoms with Crippen molar-refractivity contribution in [1.82, 2.24) is 19.9 Å². The largest absolute Gasteiger partial charge is 0.256 e. The zero-order chi connectivity index (χ0) is 32.6. The van der Waals surface area contributed by atoms with Gasteiger partial charge in [0.2, 0.25) is 0 Å². The molecule has 230 valence electrons. The lowest BCUT2D eigenvalue weighted by atomic mass is 9.93. The normalized spacial score (nSPS) is 11.3. The second-order valence-electron chi connectivity index (χ2n) is 11.9. The van der Waals surface area contributed by atoms with E-state index in [2.05, 4.69) is 121 Å². The van der Waals surface area contributed by atoms with Crippen molar-refractivity contribution in [3.8, 4) is 65.9 Å². The molecular weight excluding hydrogens is 617 g/mol. The average Bonchev–Trinajstić information content (AvgIpc) is 3.59. The topological polar surface area (TPSA) is 51.6 Å². The van der Waals surface area contributed by atoms with Gasteiger partial charge in [0.1, 0.15) is 0 Å². The van der Waals surface area contributed by atoms with Gasteiger partial charge in [-0.15, -0.1) is 11.3 Å². The fourth-order valence-corrected chi connectivity index (χ4v) is 7.70. The first-order chi connectivity index (χ1) is 24.3. The molecule has 0 aliphatic carbocycles. The third-order valence-corrected chi connectivity index (χ3v) is 10.0. The summed E-state index contributed by atoms with van der Waals surface area (Å²) in [6, 6.07) is 54.5. The van der Waals surface area contributed by atoms with E-state index < -0.39 is 0 Å². The number of para-hydroxylation sites is 2. The van der Waals surface area contributed by atoms with Crippen molar-refractivity contribution in [1.29, 1.82) is 0 Å². The Balaban J connectivity index is 1.26. The fraction of sp³-hybridized carbons (Fsp3) is 0. The lowest BCUT2D eigenvalue weighted by molar-refractivity contribution is 1.31. The average molecular weight is 645 g/mol. The molecule has 0 radical (unpaired) electrons. The standard InChI is InChI=1S/C44H28N4S/c1-3-13-29(14-4-1)41-42(30-15-5-2-6-16-30)44(40-24-12-22-38(48-40)34-26-32-18-8-10-20-36(32)46-28-34)49-43(41)39-23-11-21-37(47-39)33-25-31-17-7-9-19-35(31)45-27-33/h1-28H. The van der Waals surface area contributed by atoms with Crippen LogP contribution in [0.4, 0.5) is 0 Å². The van der Waals surface area contributed by atoms with Crippen LogP contribution in [0.25, 0.3) is 87.7 Å². The molecule has 0 atom stereocenters. The van der Waals surface area contributed by atoms with Gasteiger partial charge in [-0.05, 0) is 59.7 Å². The number of hydrogen-bond donors (Lipinski definition) is 0. The zero-order valence-corrected chi connectivity index (χ0v) is 27.2. The van der Waals surface area contributed by atoms with E-state index in [1.165, 1.54) is 0 Å². The SMILES string of the molecule is c1ccc(-c2c(-c3cccc(-c4cnc5ccccc5c4)n3)sc(-c3cccc(-c4cnc5ccccc5c4)n3)c2-c2ccccc2)cc1. The number of benzene rings is 4. The summed E-state index contributed by atoms with van der Waals surface area (Å²) >= 11 is 1.74. The van der Waals surface area contributed by atoms with Gasteiger partial charge >= 0.3 is 0 Å². The lowest BCUT2D eigenvalue weighted by Crippen LogP contribution is -1.91. The van der Waals surface area contributed by atoms with Gasteiger partial charge in [-0.2, -0.15) is 0 Å². The van der Waals surface area contributed by atoms with Gasteiger partial charge in [-0.1, -0.05) is 109 Å². The van der Waals surface area contributed by atoms with Crippen LogP contribution >= 0.6 is 11.3 Å².